The van der Waals surface area contributed by atoms with Gasteiger partial charge in [-0.25, -0.2) is 0 Å². The van der Waals surface area contributed by atoms with Crippen LogP contribution in [0.4, 0.5) is 0 Å². The molecule has 0 bridgehead atoms. The third kappa shape index (κ3) is 2.30. The van der Waals surface area contributed by atoms with E-state index >= 15 is 0 Å². The largest absolute Gasteiger partial charge is 0.353 e. The van der Waals surface area contributed by atoms with Gasteiger partial charge in [0.25, 0.3) is 0 Å². The standard InChI is InChI=1S/C8H15NS3/c1-3-7-6(2)12-5-4-9(7)8(10)11/h6-7H,3-5H2,1-2H3,(H,10,11). The molecule has 0 spiro atoms. The fraction of sp³-hybridized carbons (Fsp3) is 0.875. The fourth-order valence-electron chi connectivity index (χ4n) is 1.66. The molecule has 12 heavy (non-hydrogen) atoms. The van der Waals surface area contributed by atoms with Gasteiger partial charge >= 0.3 is 0 Å². The van der Waals surface area contributed by atoms with E-state index in [0.29, 0.717) is 11.3 Å². The second-order valence-corrected chi connectivity index (χ2v) is 5.63. The molecule has 0 aromatic rings. The van der Waals surface area contributed by atoms with Crippen molar-refractivity contribution in [3.8, 4) is 0 Å². The Morgan fingerprint density at radius 1 is 1.75 bits per heavy atom. The number of hydrogen-bond donors (Lipinski definition) is 1. The van der Waals surface area contributed by atoms with Crippen LogP contribution in [0.3, 0.4) is 0 Å². The number of thiol groups is 1. The third-order valence-corrected chi connectivity index (χ3v) is 4.07. The fourth-order valence-corrected chi connectivity index (χ4v) is 3.37. The van der Waals surface area contributed by atoms with Crippen molar-refractivity contribution in [1.29, 1.82) is 0 Å². The van der Waals surface area contributed by atoms with Gasteiger partial charge in [0.15, 0.2) is 0 Å². The first-order valence-electron chi connectivity index (χ1n) is 4.28. The molecule has 4 heteroatoms. The van der Waals surface area contributed by atoms with Crippen LogP contribution < -0.4 is 0 Å². The van der Waals surface area contributed by atoms with Crippen molar-refractivity contribution in [3.63, 3.8) is 0 Å². The molecular formula is C8H15NS3. The van der Waals surface area contributed by atoms with Crippen molar-refractivity contribution < 1.29 is 0 Å². The van der Waals surface area contributed by atoms with Gasteiger partial charge in [0, 0.05) is 23.6 Å². The molecule has 0 radical (unpaired) electrons. The zero-order valence-electron chi connectivity index (χ0n) is 7.49. The number of nitrogens with zero attached hydrogens (tertiary/aromatic N) is 1. The number of rotatable bonds is 1. The SMILES string of the molecule is CCC1C(C)SCCN1C(=S)S. The summed E-state index contributed by atoms with van der Waals surface area (Å²) < 4.78 is 0.758. The van der Waals surface area contributed by atoms with Crippen LogP contribution in [0.1, 0.15) is 20.3 Å². The highest BCUT2D eigenvalue weighted by molar-refractivity contribution is 8.11. The zero-order valence-corrected chi connectivity index (χ0v) is 10.0. The maximum absolute atomic E-state index is 5.09. The quantitative estimate of drug-likeness (QED) is 0.535. The first-order valence-corrected chi connectivity index (χ1v) is 6.18. The summed E-state index contributed by atoms with van der Waals surface area (Å²) in [4.78, 5) is 2.25. The van der Waals surface area contributed by atoms with E-state index in [1.807, 2.05) is 11.8 Å². The second-order valence-electron chi connectivity index (χ2n) is 3.03. The van der Waals surface area contributed by atoms with Crippen molar-refractivity contribution in [2.24, 2.45) is 0 Å². The monoisotopic (exact) mass is 221 g/mol. The van der Waals surface area contributed by atoms with Crippen LogP contribution in [0.25, 0.3) is 0 Å². The van der Waals surface area contributed by atoms with Crippen molar-refractivity contribution in [1.82, 2.24) is 4.90 Å². The number of hydrogen-bond acceptors (Lipinski definition) is 2. The molecule has 1 nitrogen and oxygen atoms in total. The van der Waals surface area contributed by atoms with Gasteiger partial charge in [-0.15, -0.1) is 12.6 Å². The lowest BCUT2D eigenvalue weighted by molar-refractivity contribution is 0.315. The molecule has 0 amide bonds. The van der Waals surface area contributed by atoms with Gasteiger partial charge in [0.2, 0.25) is 0 Å². The Hall–Kier alpha value is 0.590. The summed E-state index contributed by atoms with van der Waals surface area (Å²) in [7, 11) is 0. The maximum Gasteiger partial charge on any atom is 0.133 e. The molecule has 1 fully saturated rings. The highest BCUT2D eigenvalue weighted by Gasteiger charge is 2.27. The van der Waals surface area contributed by atoms with Crippen molar-refractivity contribution in [2.75, 3.05) is 12.3 Å². The average Bonchev–Trinajstić information content (AvgIpc) is 2.03. The van der Waals surface area contributed by atoms with Crippen LogP contribution in [-0.4, -0.2) is 32.8 Å². The maximum atomic E-state index is 5.09. The average molecular weight is 221 g/mol. The lowest BCUT2D eigenvalue weighted by Crippen LogP contribution is -2.47. The Morgan fingerprint density at radius 3 is 2.83 bits per heavy atom. The lowest BCUT2D eigenvalue weighted by Gasteiger charge is -2.39. The van der Waals surface area contributed by atoms with Gasteiger partial charge in [-0.2, -0.15) is 11.8 Å². The molecule has 1 heterocycles. The molecule has 0 aromatic heterocycles. The van der Waals surface area contributed by atoms with E-state index in [1.54, 1.807) is 0 Å². The summed E-state index contributed by atoms with van der Waals surface area (Å²) in [5, 5.41) is 0.689. The normalized spacial score (nSPS) is 30.4. The van der Waals surface area contributed by atoms with Crippen molar-refractivity contribution >= 4 is 40.9 Å². The lowest BCUT2D eigenvalue weighted by atomic mass is 10.1. The molecule has 1 aliphatic rings. The van der Waals surface area contributed by atoms with E-state index in [-0.39, 0.29) is 0 Å². The van der Waals surface area contributed by atoms with Crippen LogP contribution in [0.2, 0.25) is 0 Å². The van der Waals surface area contributed by atoms with Gasteiger partial charge < -0.3 is 4.90 Å². The predicted octanol–water partition coefficient (Wildman–Crippen LogP) is 2.42. The molecule has 1 rings (SSSR count). The third-order valence-electron chi connectivity index (χ3n) is 2.32. The first kappa shape index (κ1) is 10.7. The Labute approximate surface area is 89.7 Å². The summed E-state index contributed by atoms with van der Waals surface area (Å²) in [5.74, 6) is 1.18. The summed E-state index contributed by atoms with van der Waals surface area (Å²) in [6, 6.07) is 0.591. The second kappa shape index (κ2) is 4.72. The molecule has 70 valence electrons. The minimum atomic E-state index is 0.591. The van der Waals surface area contributed by atoms with Gasteiger partial charge in [-0.3, -0.25) is 0 Å². The van der Waals surface area contributed by atoms with E-state index in [4.69, 9.17) is 12.2 Å². The van der Waals surface area contributed by atoms with E-state index in [2.05, 4.69) is 31.4 Å². The van der Waals surface area contributed by atoms with E-state index in [1.165, 1.54) is 5.75 Å². The van der Waals surface area contributed by atoms with E-state index in [9.17, 15) is 0 Å². The molecule has 1 saturated heterocycles. The van der Waals surface area contributed by atoms with Gasteiger partial charge in [0.1, 0.15) is 4.32 Å². The van der Waals surface area contributed by atoms with E-state index < -0.39 is 0 Å². The summed E-state index contributed by atoms with van der Waals surface area (Å²) in [6.45, 7) is 5.55. The van der Waals surface area contributed by atoms with Gasteiger partial charge in [0.05, 0.1) is 0 Å². The Balaban J connectivity index is 2.64. The molecule has 2 atom stereocenters. The molecule has 0 aliphatic carbocycles. The van der Waals surface area contributed by atoms with Crippen LogP contribution in [-0.2, 0) is 0 Å². The molecule has 2 unspecified atom stereocenters. The summed E-state index contributed by atoms with van der Waals surface area (Å²) in [5.41, 5.74) is 0. The molecule has 1 aliphatic heterocycles. The molecule has 0 aromatic carbocycles. The Morgan fingerprint density at radius 2 is 2.42 bits per heavy atom. The highest BCUT2D eigenvalue weighted by Crippen LogP contribution is 2.27. The first-order chi connectivity index (χ1) is 5.66. The highest BCUT2D eigenvalue weighted by atomic mass is 32.2. The minimum Gasteiger partial charge on any atom is -0.353 e. The summed E-state index contributed by atoms with van der Waals surface area (Å²) >= 11 is 11.4. The predicted molar refractivity (Wildman–Crippen MR) is 64.3 cm³/mol. The van der Waals surface area contributed by atoms with Crippen LogP contribution >= 0.6 is 36.6 Å². The van der Waals surface area contributed by atoms with Crippen LogP contribution in [0.5, 0.6) is 0 Å². The van der Waals surface area contributed by atoms with Crippen molar-refractivity contribution in [2.45, 2.75) is 31.6 Å². The molecular weight excluding hydrogens is 206 g/mol. The van der Waals surface area contributed by atoms with Crippen molar-refractivity contribution in [3.05, 3.63) is 0 Å². The molecule has 0 saturated carbocycles. The number of thioether (sulfide) groups is 1. The van der Waals surface area contributed by atoms with E-state index in [0.717, 1.165) is 17.3 Å². The smallest absolute Gasteiger partial charge is 0.133 e. The van der Waals surface area contributed by atoms with Crippen LogP contribution in [0.15, 0.2) is 0 Å². The number of thiocarbonyl (C=S) groups is 1. The zero-order chi connectivity index (χ0) is 9.14. The Kier molecular flexibility index (Phi) is 4.20. The molecule has 0 N–H and O–H groups in total. The van der Waals surface area contributed by atoms with Gasteiger partial charge in [-0.05, 0) is 6.42 Å². The minimum absolute atomic E-state index is 0.591. The summed E-state index contributed by atoms with van der Waals surface area (Å²) in [6.07, 6.45) is 1.16. The van der Waals surface area contributed by atoms with Crippen LogP contribution in [0, 0.1) is 0 Å². The Bertz CT molecular complexity index is 172. The van der Waals surface area contributed by atoms with Gasteiger partial charge in [-0.1, -0.05) is 26.1 Å². The topological polar surface area (TPSA) is 3.24 Å².